The number of aliphatic imine (C=N–C) groups is 1. The lowest BCUT2D eigenvalue weighted by Gasteiger charge is -2.25. The third-order valence-electron chi connectivity index (χ3n) is 7.02. The van der Waals surface area contributed by atoms with E-state index in [4.69, 9.17) is 0 Å². The smallest absolute Gasteiger partial charge is 0.241 e. The van der Waals surface area contributed by atoms with Gasteiger partial charge < -0.3 is 25.2 Å². The Morgan fingerprint density at radius 1 is 0.977 bits per heavy atom. The van der Waals surface area contributed by atoms with Crippen molar-refractivity contribution in [3.63, 3.8) is 0 Å². The first-order valence-electron chi connectivity index (χ1n) is 16.1. The van der Waals surface area contributed by atoms with Crippen molar-refractivity contribution in [3.05, 3.63) is 76.5 Å². The molecule has 0 aliphatic rings. The maximum atomic E-state index is 12.1. The molecule has 1 amide bonds. The van der Waals surface area contributed by atoms with Crippen molar-refractivity contribution < 1.29 is 9.59 Å². The second-order valence-corrected chi connectivity index (χ2v) is 11.5. The van der Waals surface area contributed by atoms with Gasteiger partial charge in [0.05, 0.1) is 13.1 Å². The molecule has 0 spiro atoms. The van der Waals surface area contributed by atoms with Crippen molar-refractivity contribution in [3.8, 4) is 0 Å². The molecular weight excluding hydrogens is 546 g/mol. The number of hydrogen-bond acceptors (Lipinski definition) is 6. The van der Waals surface area contributed by atoms with Crippen LogP contribution in [-0.2, 0) is 22.4 Å². The molecule has 0 radical (unpaired) electrons. The third kappa shape index (κ3) is 17.1. The summed E-state index contributed by atoms with van der Waals surface area (Å²) in [6.45, 7) is 19.3. The molecule has 2 rings (SSSR count). The van der Waals surface area contributed by atoms with Crippen LogP contribution in [0.15, 0.2) is 59.2 Å². The van der Waals surface area contributed by atoms with Crippen LogP contribution in [0.25, 0.3) is 0 Å². The number of likely N-dealkylation sites (N-methyl/N-ethyl adjacent to an activating group) is 2. The molecule has 0 saturated heterocycles. The predicted octanol–water partition coefficient (Wildman–Crippen LogP) is 6.62. The second-order valence-electron chi connectivity index (χ2n) is 11.5. The molecule has 0 aromatic heterocycles. The van der Waals surface area contributed by atoms with Gasteiger partial charge in [-0.15, -0.1) is 0 Å². The summed E-state index contributed by atoms with van der Waals surface area (Å²) in [5.41, 5.74) is 8.03. The molecule has 0 bridgehead atoms. The molecule has 7 heteroatoms. The fourth-order valence-electron chi connectivity index (χ4n) is 4.29. The monoisotopic (exact) mass is 607 g/mol. The van der Waals surface area contributed by atoms with Gasteiger partial charge in [0.15, 0.2) is 0 Å². The Bertz CT molecular complexity index is 1130. The predicted molar refractivity (Wildman–Crippen MR) is 191 cm³/mol. The number of hydrogen-bond donors (Lipinski definition) is 2. The molecule has 7 nitrogen and oxygen atoms in total. The standard InChI is InChI=1S/C21H31N3O2.C10H14.C6H16N2/c1-7-8-16(2)14-22-18(4)19-10-9-17(3)20(13-19)24(11-12-25)15-21(26)23(5)6;1-3-9-7-5-6-8-10(9)4-2;1-6(2)8-5-4-7-3/h9-10,12-14H,7-8,11,15H2,1-6H3;5-8H,3-4H2,1-2H3;6-8H,4-5H2,1-3H3/b16-14-,22-18?;;. The Morgan fingerprint density at radius 3 is 2.07 bits per heavy atom. The van der Waals surface area contributed by atoms with Crippen molar-refractivity contribution in [2.24, 2.45) is 4.99 Å². The molecule has 0 unspecified atom stereocenters. The SMILES string of the molecule is CCC/C(C)=C\N=C(C)c1ccc(C)c(N(CC=O)CC(=O)N(C)C)c1.CCc1ccccc1CC.CNCCNC(C)C. The van der Waals surface area contributed by atoms with Gasteiger partial charge in [-0.2, -0.15) is 0 Å². The zero-order valence-electron chi connectivity index (χ0n) is 29.6. The van der Waals surface area contributed by atoms with Crippen molar-refractivity contribution >= 4 is 23.6 Å². The Morgan fingerprint density at radius 2 is 1.59 bits per heavy atom. The normalized spacial score (nSPS) is 11.3. The summed E-state index contributed by atoms with van der Waals surface area (Å²) in [7, 11) is 5.39. The highest BCUT2D eigenvalue weighted by molar-refractivity contribution is 6.00. The molecule has 2 aromatic rings. The van der Waals surface area contributed by atoms with E-state index in [1.807, 2.05) is 45.3 Å². The van der Waals surface area contributed by atoms with E-state index in [1.54, 1.807) is 19.0 Å². The van der Waals surface area contributed by atoms with Gasteiger partial charge in [-0.3, -0.25) is 9.79 Å². The van der Waals surface area contributed by atoms with Crippen LogP contribution >= 0.6 is 0 Å². The highest BCUT2D eigenvalue weighted by atomic mass is 16.2. The topological polar surface area (TPSA) is 77.0 Å². The number of nitrogens with one attached hydrogen (secondary N) is 2. The van der Waals surface area contributed by atoms with Crippen LogP contribution in [0.5, 0.6) is 0 Å². The average molecular weight is 608 g/mol. The van der Waals surface area contributed by atoms with Crippen molar-refractivity contribution in [2.45, 2.75) is 87.1 Å². The van der Waals surface area contributed by atoms with Crippen LogP contribution in [0.4, 0.5) is 5.69 Å². The minimum absolute atomic E-state index is 0.0415. The van der Waals surface area contributed by atoms with Crippen molar-refractivity contribution in [1.82, 2.24) is 15.5 Å². The van der Waals surface area contributed by atoms with Gasteiger partial charge >= 0.3 is 0 Å². The fraction of sp³-hybridized carbons (Fsp3) is 0.541. The maximum absolute atomic E-state index is 12.1. The fourth-order valence-corrected chi connectivity index (χ4v) is 4.29. The van der Waals surface area contributed by atoms with E-state index in [0.29, 0.717) is 6.04 Å². The number of amides is 1. The van der Waals surface area contributed by atoms with E-state index in [2.05, 4.69) is 81.4 Å². The Labute approximate surface area is 269 Å². The zero-order valence-corrected chi connectivity index (χ0v) is 29.6. The molecule has 0 aliphatic carbocycles. The number of aryl methyl sites for hydroxylation is 3. The lowest BCUT2D eigenvalue weighted by molar-refractivity contribution is -0.127. The molecule has 0 aliphatic heterocycles. The highest BCUT2D eigenvalue weighted by Crippen LogP contribution is 2.22. The first-order valence-corrected chi connectivity index (χ1v) is 16.1. The summed E-state index contributed by atoms with van der Waals surface area (Å²) in [6.07, 6.45) is 7.19. The van der Waals surface area contributed by atoms with Gasteiger partial charge in [-0.1, -0.05) is 83.0 Å². The van der Waals surface area contributed by atoms with E-state index < -0.39 is 0 Å². The molecule has 2 aromatic carbocycles. The number of allylic oxidation sites excluding steroid dienone is 1. The summed E-state index contributed by atoms with van der Waals surface area (Å²) in [5.74, 6) is -0.0415. The minimum atomic E-state index is -0.0415. The summed E-state index contributed by atoms with van der Waals surface area (Å²) in [5, 5.41) is 6.34. The lowest BCUT2D eigenvalue weighted by atomic mass is 10.0. The number of benzene rings is 2. The second kappa shape index (κ2) is 24.1. The highest BCUT2D eigenvalue weighted by Gasteiger charge is 2.15. The van der Waals surface area contributed by atoms with Gasteiger partial charge in [0.25, 0.3) is 0 Å². The number of rotatable bonds is 15. The number of carbonyl (C=O) groups is 2. The lowest BCUT2D eigenvalue weighted by Crippen LogP contribution is -2.38. The largest absolute Gasteiger partial charge is 0.355 e. The molecule has 44 heavy (non-hydrogen) atoms. The molecule has 0 fully saturated rings. The average Bonchev–Trinajstić information content (AvgIpc) is 3.00. The van der Waals surface area contributed by atoms with Gasteiger partial charge in [-0.05, 0) is 75.4 Å². The van der Waals surface area contributed by atoms with Crippen LogP contribution < -0.4 is 15.5 Å². The Kier molecular flexibility index (Phi) is 22.3. The van der Waals surface area contributed by atoms with Crippen LogP contribution in [0, 0.1) is 6.92 Å². The number of carbonyl (C=O) groups excluding carboxylic acids is 2. The first kappa shape index (κ1) is 40.7. The van der Waals surface area contributed by atoms with Crippen LogP contribution in [-0.4, -0.2) is 76.2 Å². The van der Waals surface area contributed by atoms with E-state index in [1.165, 1.54) is 21.6 Å². The summed E-state index contributed by atoms with van der Waals surface area (Å²) < 4.78 is 0. The number of aldehydes is 1. The quantitative estimate of drug-likeness (QED) is 0.135. The molecule has 0 saturated carbocycles. The minimum Gasteiger partial charge on any atom is -0.355 e. The first-order chi connectivity index (χ1) is 20.9. The maximum Gasteiger partial charge on any atom is 0.241 e. The van der Waals surface area contributed by atoms with Gasteiger partial charge in [0, 0.05) is 50.8 Å². The van der Waals surface area contributed by atoms with E-state index in [-0.39, 0.29) is 19.0 Å². The molecule has 0 atom stereocenters. The van der Waals surface area contributed by atoms with E-state index in [9.17, 15) is 9.59 Å². The van der Waals surface area contributed by atoms with Gasteiger partial charge in [0.2, 0.25) is 5.91 Å². The van der Waals surface area contributed by atoms with Gasteiger partial charge in [0.1, 0.15) is 6.29 Å². The summed E-state index contributed by atoms with van der Waals surface area (Å²) in [4.78, 5) is 31.1. The molecule has 2 N–H and O–H groups in total. The van der Waals surface area contributed by atoms with E-state index >= 15 is 0 Å². The zero-order chi connectivity index (χ0) is 33.5. The summed E-state index contributed by atoms with van der Waals surface area (Å²) in [6, 6.07) is 15.3. The van der Waals surface area contributed by atoms with Crippen LogP contribution in [0.1, 0.15) is 83.6 Å². The summed E-state index contributed by atoms with van der Waals surface area (Å²) >= 11 is 0. The van der Waals surface area contributed by atoms with Crippen molar-refractivity contribution in [1.29, 1.82) is 0 Å². The Hall–Kier alpha value is -3.29. The van der Waals surface area contributed by atoms with Crippen LogP contribution in [0.3, 0.4) is 0 Å². The molecule has 246 valence electrons. The third-order valence-corrected chi connectivity index (χ3v) is 7.02. The number of anilines is 1. The van der Waals surface area contributed by atoms with E-state index in [0.717, 1.165) is 67.6 Å². The van der Waals surface area contributed by atoms with Crippen LogP contribution in [0.2, 0.25) is 0 Å². The molecular formula is C37H61N5O2. The number of nitrogens with zero attached hydrogens (tertiary/aromatic N) is 3. The molecule has 0 heterocycles. The Balaban J connectivity index is 0.000000831. The van der Waals surface area contributed by atoms with Crippen molar-refractivity contribution in [2.75, 3.05) is 52.2 Å². The van der Waals surface area contributed by atoms with Gasteiger partial charge in [-0.25, -0.2) is 0 Å².